The van der Waals surface area contributed by atoms with Crippen LogP contribution >= 0.6 is 21.6 Å². The minimum Gasteiger partial charge on any atom is -0.379 e. The fraction of sp³-hybridized carbons (Fsp3) is 1.00. The SMILES string of the molecule is CCCCCCCCCCCCCCCCCCOCC(CSSCCN(C)C)OCCCCCCCCCCCCCCCCCC. The highest BCUT2D eigenvalue weighted by Gasteiger charge is 2.10. The highest BCUT2D eigenvalue weighted by Crippen LogP contribution is 2.23. The molecule has 0 saturated carbocycles. The first-order chi connectivity index (χ1) is 23.7. The van der Waals surface area contributed by atoms with Gasteiger partial charge in [0.2, 0.25) is 0 Å². The quantitative estimate of drug-likeness (QED) is 0.0462. The molecule has 0 amide bonds. The molecule has 5 heteroatoms. The van der Waals surface area contributed by atoms with E-state index in [0.717, 1.165) is 32.1 Å². The summed E-state index contributed by atoms with van der Waals surface area (Å²) in [6, 6.07) is 0. The number of nitrogens with zero attached hydrogens (tertiary/aromatic N) is 1. The van der Waals surface area contributed by atoms with E-state index in [-0.39, 0.29) is 6.10 Å². The van der Waals surface area contributed by atoms with E-state index in [2.05, 4.69) is 32.8 Å². The second kappa shape index (κ2) is 43.7. The maximum absolute atomic E-state index is 6.35. The molecule has 0 aromatic heterocycles. The molecule has 48 heavy (non-hydrogen) atoms. The van der Waals surface area contributed by atoms with Gasteiger partial charge in [0, 0.05) is 31.3 Å². The lowest BCUT2D eigenvalue weighted by molar-refractivity contribution is -0.00609. The van der Waals surface area contributed by atoms with E-state index in [4.69, 9.17) is 9.47 Å². The van der Waals surface area contributed by atoms with Crippen LogP contribution in [0.3, 0.4) is 0 Å². The highest BCUT2D eigenvalue weighted by atomic mass is 33.1. The zero-order valence-corrected chi connectivity index (χ0v) is 35.2. The standard InChI is InChI=1S/C43H89NO2S2/c1-5-7-9-11-13-15-17-19-21-23-25-27-29-31-33-35-38-45-41-43(42-48-47-40-37-44(3)4)46-39-36-34-32-30-28-26-24-22-20-18-16-14-12-10-8-6-2/h43H,5-42H2,1-4H3. The van der Waals surface area contributed by atoms with E-state index in [1.807, 2.05) is 21.6 Å². The number of hydrogen-bond acceptors (Lipinski definition) is 5. The van der Waals surface area contributed by atoms with Crippen LogP contribution < -0.4 is 0 Å². The Morgan fingerprint density at radius 1 is 0.417 bits per heavy atom. The number of hydrogen-bond donors (Lipinski definition) is 0. The summed E-state index contributed by atoms with van der Waals surface area (Å²) in [6.07, 6.45) is 45.5. The van der Waals surface area contributed by atoms with Gasteiger partial charge in [-0.25, -0.2) is 0 Å². The number of rotatable bonds is 43. The van der Waals surface area contributed by atoms with E-state index in [1.54, 1.807) is 0 Å². The lowest BCUT2D eigenvalue weighted by Crippen LogP contribution is -2.23. The van der Waals surface area contributed by atoms with Gasteiger partial charge in [0.05, 0.1) is 12.7 Å². The highest BCUT2D eigenvalue weighted by molar-refractivity contribution is 8.76. The first-order valence-electron chi connectivity index (χ1n) is 21.8. The molecule has 1 unspecified atom stereocenters. The lowest BCUT2D eigenvalue weighted by Gasteiger charge is -2.18. The normalized spacial score (nSPS) is 12.4. The Bertz CT molecular complexity index is 565. The maximum atomic E-state index is 6.35. The summed E-state index contributed by atoms with van der Waals surface area (Å²) >= 11 is 0. The topological polar surface area (TPSA) is 21.7 Å². The maximum Gasteiger partial charge on any atom is 0.0906 e. The zero-order valence-electron chi connectivity index (χ0n) is 33.5. The van der Waals surface area contributed by atoms with Crippen LogP contribution in [0.15, 0.2) is 0 Å². The Balaban J connectivity index is 3.70. The Kier molecular flexibility index (Phi) is 44.3. The van der Waals surface area contributed by atoms with Gasteiger partial charge < -0.3 is 14.4 Å². The molecule has 3 nitrogen and oxygen atoms in total. The first kappa shape index (κ1) is 48.6. The van der Waals surface area contributed by atoms with Gasteiger partial charge in [-0.2, -0.15) is 0 Å². The van der Waals surface area contributed by atoms with E-state index >= 15 is 0 Å². The summed E-state index contributed by atoms with van der Waals surface area (Å²) in [6.45, 7) is 8.30. The van der Waals surface area contributed by atoms with Crippen molar-refractivity contribution in [2.24, 2.45) is 0 Å². The van der Waals surface area contributed by atoms with Crippen LogP contribution in [0.2, 0.25) is 0 Å². The first-order valence-corrected chi connectivity index (χ1v) is 24.3. The predicted octanol–water partition coefficient (Wildman–Crippen LogP) is 14.9. The third-order valence-corrected chi connectivity index (χ3v) is 12.2. The van der Waals surface area contributed by atoms with Crippen molar-refractivity contribution >= 4 is 21.6 Å². The van der Waals surface area contributed by atoms with Gasteiger partial charge in [0.25, 0.3) is 0 Å². The second-order valence-electron chi connectivity index (χ2n) is 15.1. The van der Waals surface area contributed by atoms with Crippen molar-refractivity contribution in [2.45, 2.75) is 225 Å². The van der Waals surface area contributed by atoms with Crippen LogP contribution in [0.5, 0.6) is 0 Å². The molecule has 1 atom stereocenters. The van der Waals surface area contributed by atoms with Crippen molar-refractivity contribution in [3.05, 3.63) is 0 Å². The fourth-order valence-corrected chi connectivity index (χ4v) is 8.73. The minimum atomic E-state index is 0.235. The van der Waals surface area contributed by atoms with Crippen molar-refractivity contribution < 1.29 is 9.47 Å². The molecule has 0 aliphatic carbocycles. The third kappa shape index (κ3) is 42.7. The third-order valence-electron chi connectivity index (χ3n) is 9.76. The van der Waals surface area contributed by atoms with Gasteiger partial charge in [0.15, 0.2) is 0 Å². The Morgan fingerprint density at radius 2 is 0.750 bits per heavy atom. The summed E-state index contributed by atoms with van der Waals surface area (Å²) in [7, 11) is 8.26. The molecule has 0 radical (unpaired) electrons. The molecule has 0 saturated heterocycles. The molecule has 0 aliphatic heterocycles. The molecule has 0 heterocycles. The molecule has 0 aliphatic rings. The second-order valence-corrected chi connectivity index (χ2v) is 17.7. The van der Waals surface area contributed by atoms with Crippen molar-refractivity contribution in [3.8, 4) is 0 Å². The van der Waals surface area contributed by atoms with E-state index in [9.17, 15) is 0 Å². The lowest BCUT2D eigenvalue weighted by atomic mass is 10.0. The molecule has 0 N–H and O–H groups in total. The summed E-state index contributed by atoms with van der Waals surface area (Å²) in [4.78, 5) is 2.26. The molecule has 0 spiro atoms. The Morgan fingerprint density at radius 3 is 1.10 bits per heavy atom. The van der Waals surface area contributed by atoms with E-state index in [1.165, 1.54) is 211 Å². The van der Waals surface area contributed by atoms with Gasteiger partial charge in [0.1, 0.15) is 0 Å². The van der Waals surface area contributed by atoms with Crippen LogP contribution in [0.25, 0.3) is 0 Å². The number of ether oxygens (including phenoxy) is 2. The number of unbranched alkanes of at least 4 members (excludes halogenated alkanes) is 30. The summed E-state index contributed by atoms with van der Waals surface area (Å²) < 4.78 is 12.5. The van der Waals surface area contributed by atoms with Crippen LogP contribution in [0, 0.1) is 0 Å². The molecule has 0 bridgehead atoms. The smallest absolute Gasteiger partial charge is 0.0906 e. The van der Waals surface area contributed by atoms with Gasteiger partial charge in [-0.3, -0.25) is 0 Å². The van der Waals surface area contributed by atoms with Crippen molar-refractivity contribution in [3.63, 3.8) is 0 Å². The fourth-order valence-electron chi connectivity index (χ4n) is 6.41. The van der Waals surface area contributed by atoms with Gasteiger partial charge in [-0.15, -0.1) is 0 Å². The van der Waals surface area contributed by atoms with Gasteiger partial charge in [-0.05, 0) is 26.9 Å². The average molecular weight is 716 g/mol. The minimum absolute atomic E-state index is 0.235. The summed E-state index contributed by atoms with van der Waals surface area (Å²) in [5, 5.41) is 0. The van der Waals surface area contributed by atoms with Gasteiger partial charge >= 0.3 is 0 Å². The molecular weight excluding hydrogens is 627 g/mol. The summed E-state index contributed by atoms with van der Waals surface area (Å²) in [5.74, 6) is 2.21. The van der Waals surface area contributed by atoms with Crippen molar-refractivity contribution in [1.29, 1.82) is 0 Å². The molecule has 0 aromatic rings. The molecule has 290 valence electrons. The zero-order chi connectivity index (χ0) is 34.9. The predicted molar refractivity (Wildman–Crippen MR) is 223 cm³/mol. The van der Waals surface area contributed by atoms with Gasteiger partial charge in [-0.1, -0.05) is 228 Å². The van der Waals surface area contributed by atoms with Crippen LogP contribution in [-0.4, -0.2) is 63.0 Å². The van der Waals surface area contributed by atoms with E-state index < -0.39 is 0 Å². The largest absolute Gasteiger partial charge is 0.379 e. The van der Waals surface area contributed by atoms with Crippen molar-refractivity contribution in [1.82, 2.24) is 4.90 Å². The molecule has 0 fully saturated rings. The monoisotopic (exact) mass is 716 g/mol. The van der Waals surface area contributed by atoms with E-state index in [0.29, 0.717) is 0 Å². The van der Waals surface area contributed by atoms with Crippen LogP contribution in [-0.2, 0) is 9.47 Å². The Hall–Kier alpha value is 0.580. The molecule has 0 rings (SSSR count). The Labute approximate surface area is 312 Å². The van der Waals surface area contributed by atoms with Crippen molar-refractivity contribution in [2.75, 3.05) is 52.0 Å². The molecular formula is C43H89NO2S2. The van der Waals surface area contributed by atoms with Crippen LogP contribution in [0.4, 0.5) is 0 Å². The average Bonchev–Trinajstić information content (AvgIpc) is 3.08. The van der Waals surface area contributed by atoms with Crippen LogP contribution in [0.1, 0.15) is 219 Å². The molecule has 0 aromatic carbocycles. The summed E-state index contributed by atoms with van der Waals surface area (Å²) in [5.41, 5.74) is 0.